The summed E-state index contributed by atoms with van der Waals surface area (Å²) in [5, 5.41) is 134. The number of methoxy groups -OCH3 is 1. The third kappa shape index (κ3) is 10.2. The first-order chi connectivity index (χ1) is 33.1. The fourth-order valence-corrected chi connectivity index (χ4v) is 7.48. The molecule has 0 amide bonds. The maximum atomic E-state index is 13.3. The van der Waals surface area contributed by atoms with Crippen molar-refractivity contribution in [3.8, 4) is 45.8 Å². The maximum Gasteiger partial charge on any atom is 0.335 e. The molecular weight excluding hydrogens is 948 g/mol. The van der Waals surface area contributed by atoms with Gasteiger partial charge in [-0.1, -0.05) is 6.07 Å². The van der Waals surface area contributed by atoms with Crippen molar-refractivity contribution in [2.24, 2.45) is 0 Å². The fourth-order valence-electron chi connectivity index (χ4n) is 7.48. The Morgan fingerprint density at radius 3 is 1.80 bits per heavy atom. The summed E-state index contributed by atoms with van der Waals surface area (Å²) in [5.74, 6) is -9.63. The largest absolute Gasteiger partial charge is 0.507 e. The number of carboxylic acid groups (broad SMARTS) is 3. The van der Waals surface area contributed by atoms with E-state index in [1.165, 1.54) is 37.5 Å². The van der Waals surface area contributed by atoms with Crippen molar-refractivity contribution < 1.29 is 128 Å². The SMILES string of the molecule is COc1cc(/C=C/C(=O)O[C@H]2[C@H](O[C@H]3[C@H](Oc4cc(O)c5c(=O)cc(-c6ccc(O[C@@H]7O[C@H](C(=O)O)[C@@H](O)[C@@H](O)[C@H]7O)c(O)c6)oc5c4)O[C@H](C(=O)O)[C@@H](O)[C@@H]3O)O[C@@H](C(=O)O)[C@@H](O)[C@@H]2O)ccc1O. The number of carbonyl (C=O) groups is 4. The Bertz CT molecular complexity index is 2720. The Kier molecular flexibility index (Phi) is 14.8. The number of aromatic hydroxyl groups is 3. The minimum absolute atomic E-state index is 0.0331. The van der Waals surface area contributed by atoms with Crippen molar-refractivity contribution in [2.75, 3.05) is 7.11 Å². The number of ether oxygens (including phenoxy) is 8. The first kappa shape index (κ1) is 50.7. The molecule has 3 aliphatic rings. The van der Waals surface area contributed by atoms with E-state index in [0.717, 1.165) is 36.4 Å². The molecule has 27 nitrogen and oxygen atoms in total. The Morgan fingerprint density at radius 2 is 1.19 bits per heavy atom. The lowest BCUT2D eigenvalue weighted by atomic mass is 9.96. The first-order valence-corrected chi connectivity index (χ1v) is 20.4. The predicted octanol–water partition coefficient (Wildman–Crippen LogP) is -2.69. The standard InChI is InChI=1S/C43H42O27/c1-62-22-8-13(2-5-16(22)44)3-7-24(48)66-36-30(53)28(51)35(40(60)61)69-43(36)70-37-31(54)29(52)34(39(58)59)68-42(37)63-15-10-18(46)25-19(47)12-21(64-23(25)11-15)14-4-6-20(17(45)9-14)65-41-32(55)26(49)27(50)33(67-41)38(56)57/h2-12,26-37,41-46,49-55H,1H3,(H,56,57)(H,58,59)(H,60,61)/b7-3+/t26-,27+,28+,29+,30+,31+,32-,33+,34+,35-,36-,37-,41-,42-,43+/m1/s1. The molecule has 3 fully saturated rings. The van der Waals surface area contributed by atoms with E-state index in [-0.39, 0.29) is 22.8 Å². The summed E-state index contributed by atoms with van der Waals surface area (Å²) in [6.07, 6.45) is -30.6. The second kappa shape index (κ2) is 20.4. The Balaban J connectivity index is 1.17. The van der Waals surface area contributed by atoms with Gasteiger partial charge in [-0.25, -0.2) is 19.2 Å². The van der Waals surface area contributed by atoms with Gasteiger partial charge in [-0.15, -0.1) is 0 Å². The number of aliphatic carboxylic acids is 3. The number of aliphatic hydroxyl groups excluding tert-OH is 7. The summed E-state index contributed by atoms with van der Waals surface area (Å²) in [7, 11) is 1.27. The van der Waals surface area contributed by atoms with Crippen LogP contribution in [-0.4, -0.2) is 189 Å². The van der Waals surface area contributed by atoms with Gasteiger partial charge in [-0.3, -0.25) is 4.79 Å². The molecule has 27 heteroatoms. The van der Waals surface area contributed by atoms with Gasteiger partial charge in [0.2, 0.25) is 12.6 Å². The van der Waals surface area contributed by atoms with Crippen molar-refractivity contribution in [2.45, 2.75) is 92.1 Å². The Hall–Kier alpha value is -7.15. The zero-order chi connectivity index (χ0) is 51.0. The average Bonchev–Trinajstić information content (AvgIpc) is 3.30. The second-order valence-electron chi connectivity index (χ2n) is 15.7. The van der Waals surface area contributed by atoms with Gasteiger partial charge < -0.3 is 109 Å². The molecule has 0 saturated carbocycles. The molecule has 70 heavy (non-hydrogen) atoms. The quantitative estimate of drug-likeness (QED) is 0.0452. The van der Waals surface area contributed by atoms with Crippen LogP contribution in [0, 0.1) is 0 Å². The highest BCUT2D eigenvalue weighted by Crippen LogP contribution is 2.38. The zero-order valence-electron chi connectivity index (χ0n) is 35.5. The van der Waals surface area contributed by atoms with E-state index in [1.54, 1.807) is 0 Å². The molecule has 376 valence electrons. The van der Waals surface area contributed by atoms with E-state index in [2.05, 4.69) is 0 Å². The van der Waals surface area contributed by atoms with Gasteiger partial charge in [-0.05, 0) is 42.0 Å². The number of carboxylic acids is 3. The molecule has 4 aromatic rings. The van der Waals surface area contributed by atoms with Crippen LogP contribution in [0.1, 0.15) is 5.56 Å². The van der Waals surface area contributed by atoms with Gasteiger partial charge in [-0.2, -0.15) is 0 Å². The van der Waals surface area contributed by atoms with Crippen LogP contribution in [0.25, 0.3) is 28.4 Å². The number of hydrogen-bond acceptors (Lipinski definition) is 24. The van der Waals surface area contributed by atoms with Crippen LogP contribution in [0.15, 0.2) is 69.9 Å². The number of hydrogen-bond donors (Lipinski definition) is 13. The van der Waals surface area contributed by atoms with E-state index in [1.807, 2.05) is 0 Å². The van der Waals surface area contributed by atoms with E-state index < -0.39 is 155 Å². The molecule has 3 aliphatic heterocycles. The number of fused-ring (bicyclic) bond motifs is 1. The molecule has 3 aromatic carbocycles. The van der Waals surface area contributed by atoms with Crippen LogP contribution in [-0.2, 0) is 42.9 Å². The summed E-state index contributed by atoms with van der Waals surface area (Å²) in [5.41, 5.74) is -1.08. The zero-order valence-corrected chi connectivity index (χ0v) is 35.5. The minimum atomic E-state index is -2.35. The molecule has 3 saturated heterocycles. The molecule has 4 heterocycles. The topological polar surface area (TPSA) is 435 Å². The molecule has 1 aromatic heterocycles. The molecule has 0 bridgehead atoms. The van der Waals surface area contributed by atoms with E-state index >= 15 is 0 Å². The van der Waals surface area contributed by atoms with E-state index in [9.17, 15) is 90.4 Å². The monoisotopic (exact) mass is 990 g/mol. The number of esters is 1. The molecule has 13 N–H and O–H groups in total. The number of carbonyl (C=O) groups excluding carboxylic acids is 1. The van der Waals surface area contributed by atoms with Crippen molar-refractivity contribution in [3.63, 3.8) is 0 Å². The molecule has 7 rings (SSSR count). The van der Waals surface area contributed by atoms with Crippen LogP contribution in [0.3, 0.4) is 0 Å². The highest BCUT2D eigenvalue weighted by Gasteiger charge is 2.55. The molecule has 15 atom stereocenters. The lowest BCUT2D eigenvalue weighted by Gasteiger charge is -2.45. The molecule has 0 unspecified atom stereocenters. The number of rotatable bonds is 14. The smallest absolute Gasteiger partial charge is 0.335 e. The number of phenols is 3. The summed E-state index contributed by atoms with van der Waals surface area (Å²) >= 11 is 0. The third-order valence-electron chi connectivity index (χ3n) is 11.1. The lowest BCUT2D eigenvalue weighted by Crippen LogP contribution is -2.66. The minimum Gasteiger partial charge on any atom is -0.507 e. The third-order valence-corrected chi connectivity index (χ3v) is 11.1. The van der Waals surface area contributed by atoms with Crippen LogP contribution in [0.5, 0.6) is 34.5 Å². The van der Waals surface area contributed by atoms with Crippen LogP contribution >= 0.6 is 0 Å². The van der Waals surface area contributed by atoms with Gasteiger partial charge in [0.05, 0.1) is 7.11 Å². The van der Waals surface area contributed by atoms with E-state index in [4.69, 9.17) is 42.3 Å². The average molecular weight is 991 g/mol. The first-order valence-electron chi connectivity index (χ1n) is 20.4. The van der Waals surface area contributed by atoms with Crippen LogP contribution in [0.2, 0.25) is 0 Å². The second-order valence-corrected chi connectivity index (χ2v) is 15.7. The highest BCUT2D eigenvalue weighted by atomic mass is 16.8. The molecular formula is C43H42O27. The molecule has 0 spiro atoms. The van der Waals surface area contributed by atoms with Gasteiger partial charge in [0.15, 0.2) is 65.2 Å². The summed E-state index contributed by atoms with van der Waals surface area (Å²) in [6, 6.07) is 9.89. The Labute approximate surface area is 389 Å². The van der Waals surface area contributed by atoms with Gasteiger partial charge in [0, 0.05) is 29.8 Å². The van der Waals surface area contributed by atoms with Crippen molar-refractivity contribution in [1.82, 2.24) is 0 Å². The van der Waals surface area contributed by atoms with Crippen molar-refractivity contribution in [1.29, 1.82) is 0 Å². The summed E-state index contributed by atoms with van der Waals surface area (Å²) < 4.78 is 49.0. The maximum absolute atomic E-state index is 13.3. The molecule has 0 aliphatic carbocycles. The summed E-state index contributed by atoms with van der Waals surface area (Å²) in [6.45, 7) is 0. The lowest BCUT2D eigenvalue weighted by molar-refractivity contribution is -0.350. The number of phenolic OH excluding ortho intramolecular Hbond substituents is 3. The van der Waals surface area contributed by atoms with Crippen molar-refractivity contribution >= 4 is 40.9 Å². The molecule has 0 radical (unpaired) electrons. The highest BCUT2D eigenvalue weighted by molar-refractivity contribution is 5.88. The van der Waals surface area contributed by atoms with Crippen LogP contribution in [0.4, 0.5) is 0 Å². The number of benzene rings is 3. The van der Waals surface area contributed by atoms with Gasteiger partial charge in [0.1, 0.15) is 71.0 Å². The van der Waals surface area contributed by atoms with Crippen LogP contribution < -0.4 is 19.6 Å². The predicted molar refractivity (Wildman–Crippen MR) is 222 cm³/mol. The van der Waals surface area contributed by atoms with Crippen molar-refractivity contribution in [3.05, 3.63) is 76.5 Å². The van der Waals surface area contributed by atoms with Gasteiger partial charge >= 0.3 is 23.9 Å². The summed E-state index contributed by atoms with van der Waals surface area (Å²) in [4.78, 5) is 62.1. The van der Waals surface area contributed by atoms with E-state index in [0.29, 0.717) is 5.56 Å². The Morgan fingerprint density at radius 1 is 0.586 bits per heavy atom. The number of aliphatic hydroxyl groups is 7. The fraction of sp³-hybridized carbons (Fsp3) is 0.372. The normalized spacial score (nSPS) is 31.2. The van der Waals surface area contributed by atoms with Gasteiger partial charge in [0.25, 0.3) is 0 Å².